The summed E-state index contributed by atoms with van der Waals surface area (Å²) in [6.45, 7) is 4.31. The molecule has 1 aliphatic carbocycles. The minimum Gasteiger partial charge on any atom is -0.288 e. The Labute approximate surface area is 68.5 Å². The molecule has 0 fully saturated rings. The topological polar surface area (TPSA) is 12.4 Å². The number of aliphatic imine (C=N–C) groups is 1. The number of nitrogens with zero attached hydrogens (tertiary/aromatic N) is 1. The van der Waals surface area contributed by atoms with Crippen LogP contribution in [0.25, 0.3) is 0 Å². The standard InChI is InChI=1S/C10H15N/c1-4-9-7-5-6-8(2)10(9)11-3/h6-7H,4-5H2,1-3H3. The SMILES string of the molecule is CCC1=CCC=C(C)C1=NC. The lowest BCUT2D eigenvalue weighted by molar-refractivity contribution is 1.12. The fourth-order valence-electron chi connectivity index (χ4n) is 1.46. The third kappa shape index (κ3) is 1.59. The maximum Gasteiger partial charge on any atom is 0.0625 e. The molecule has 0 amide bonds. The van der Waals surface area contributed by atoms with Gasteiger partial charge >= 0.3 is 0 Å². The van der Waals surface area contributed by atoms with Crippen molar-refractivity contribution in [2.24, 2.45) is 4.99 Å². The molecule has 0 aromatic rings. The van der Waals surface area contributed by atoms with Gasteiger partial charge in [-0.25, -0.2) is 0 Å². The van der Waals surface area contributed by atoms with Crippen molar-refractivity contribution in [1.82, 2.24) is 0 Å². The molecule has 1 rings (SSSR count). The van der Waals surface area contributed by atoms with Crippen molar-refractivity contribution in [3.8, 4) is 0 Å². The molecule has 0 saturated carbocycles. The van der Waals surface area contributed by atoms with Crippen molar-refractivity contribution < 1.29 is 0 Å². The first kappa shape index (κ1) is 8.25. The van der Waals surface area contributed by atoms with Gasteiger partial charge in [0.25, 0.3) is 0 Å². The molecule has 1 heteroatoms. The van der Waals surface area contributed by atoms with Crippen molar-refractivity contribution >= 4 is 5.71 Å². The number of allylic oxidation sites excluding steroid dienone is 4. The van der Waals surface area contributed by atoms with E-state index in [0.29, 0.717) is 0 Å². The second-order valence-electron chi connectivity index (χ2n) is 2.78. The van der Waals surface area contributed by atoms with Crippen LogP contribution in [-0.4, -0.2) is 12.8 Å². The van der Waals surface area contributed by atoms with Crippen LogP contribution in [0.3, 0.4) is 0 Å². The molecule has 0 aromatic carbocycles. The van der Waals surface area contributed by atoms with Gasteiger partial charge in [-0.3, -0.25) is 4.99 Å². The highest BCUT2D eigenvalue weighted by Crippen LogP contribution is 2.17. The molecule has 0 bridgehead atoms. The van der Waals surface area contributed by atoms with E-state index in [-0.39, 0.29) is 0 Å². The maximum atomic E-state index is 4.26. The summed E-state index contributed by atoms with van der Waals surface area (Å²) in [5, 5.41) is 0. The van der Waals surface area contributed by atoms with Gasteiger partial charge in [0.05, 0.1) is 5.71 Å². The summed E-state index contributed by atoms with van der Waals surface area (Å²) in [6, 6.07) is 0. The fourth-order valence-corrected chi connectivity index (χ4v) is 1.46. The van der Waals surface area contributed by atoms with E-state index < -0.39 is 0 Å². The third-order valence-corrected chi connectivity index (χ3v) is 2.07. The zero-order valence-electron chi connectivity index (χ0n) is 7.52. The predicted octanol–water partition coefficient (Wildman–Crippen LogP) is 2.74. The van der Waals surface area contributed by atoms with E-state index in [9.17, 15) is 0 Å². The van der Waals surface area contributed by atoms with Crippen molar-refractivity contribution in [2.75, 3.05) is 7.05 Å². The summed E-state index contributed by atoms with van der Waals surface area (Å²) >= 11 is 0. The number of hydrogen-bond donors (Lipinski definition) is 0. The minimum absolute atomic E-state index is 1.08. The summed E-state index contributed by atoms with van der Waals surface area (Å²) in [7, 11) is 1.86. The van der Waals surface area contributed by atoms with Crippen LogP contribution in [0.15, 0.2) is 28.3 Å². The molecule has 0 aromatic heterocycles. The molecule has 11 heavy (non-hydrogen) atoms. The van der Waals surface area contributed by atoms with Gasteiger partial charge in [-0.05, 0) is 30.9 Å². The summed E-state index contributed by atoms with van der Waals surface area (Å²) in [4.78, 5) is 4.26. The zero-order valence-corrected chi connectivity index (χ0v) is 7.52. The van der Waals surface area contributed by atoms with Crippen LogP contribution in [0.1, 0.15) is 26.7 Å². The first-order valence-corrected chi connectivity index (χ1v) is 4.13. The molecule has 0 N–H and O–H groups in total. The summed E-state index contributed by atoms with van der Waals surface area (Å²) < 4.78 is 0. The van der Waals surface area contributed by atoms with E-state index in [1.54, 1.807) is 0 Å². The lowest BCUT2D eigenvalue weighted by Gasteiger charge is -2.13. The lowest BCUT2D eigenvalue weighted by atomic mass is 9.95. The van der Waals surface area contributed by atoms with Crippen LogP contribution in [0.4, 0.5) is 0 Å². The van der Waals surface area contributed by atoms with Gasteiger partial charge in [-0.2, -0.15) is 0 Å². The lowest BCUT2D eigenvalue weighted by Crippen LogP contribution is -2.07. The Morgan fingerprint density at radius 3 is 2.64 bits per heavy atom. The number of rotatable bonds is 1. The Balaban J connectivity index is 2.91. The molecule has 0 unspecified atom stereocenters. The Kier molecular flexibility index (Phi) is 2.64. The Bertz CT molecular complexity index is 231. The minimum atomic E-state index is 1.08. The third-order valence-electron chi connectivity index (χ3n) is 2.07. The number of hydrogen-bond acceptors (Lipinski definition) is 1. The van der Waals surface area contributed by atoms with E-state index in [1.807, 2.05) is 7.05 Å². The van der Waals surface area contributed by atoms with Crippen LogP contribution < -0.4 is 0 Å². The summed E-state index contributed by atoms with van der Waals surface area (Å²) in [5.74, 6) is 0. The van der Waals surface area contributed by atoms with Gasteiger partial charge in [0.1, 0.15) is 0 Å². The molecular formula is C10H15N. The summed E-state index contributed by atoms with van der Waals surface area (Å²) in [5.41, 5.74) is 3.91. The van der Waals surface area contributed by atoms with E-state index in [2.05, 4.69) is 31.0 Å². The second kappa shape index (κ2) is 3.51. The molecule has 0 saturated heterocycles. The maximum absolute atomic E-state index is 4.26. The normalized spacial score (nSPS) is 21.5. The quantitative estimate of drug-likeness (QED) is 0.543. The van der Waals surface area contributed by atoms with Crippen LogP contribution in [0.2, 0.25) is 0 Å². The van der Waals surface area contributed by atoms with Crippen molar-refractivity contribution in [1.29, 1.82) is 0 Å². The van der Waals surface area contributed by atoms with Crippen molar-refractivity contribution in [3.05, 3.63) is 23.3 Å². The van der Waals surface area contributed by atoms with Gasteiger partial charge in [-0.15, -0.1) is 0 Å². The van der Waals surface area contributed by atoms with Crippen LogP contribution >= 0.6 is 0 Å². The van der Waals surface area contributed by atoms with Gasteiger partial charge in [0.15, 0.2) is 0 Å². The molecule has 0 atom stereocenters. The molecule has 0 aliphatic heterocycles. The van der Waals surface area contributed by atoms with Crippen LogP contribution in [-0.2, 0) is 0 Å². The first-order valence-electron chi connectivity index (χ1n) is 4.13. The molecule has 0 heterocycles. The van der Waals surface area contributed by atoms with E-state index >= 15 is 0 Å². The Morgan fingerprint density at radius 1 is 1.45 bits per heavy atom. The Hall–Kier alpha value is -0.850. The van der Waals surface area contributed by atoms with Gasteiger partial charge in [-0.1, -0.05) is 19.1 Å². The molecular weight excluding hydrogens is 134 g/mol. The van der Waals surface area contributed by atoms with E-state index in [0.717, 1.165) is 12.8 Å². The average molecular weight is 149 g/mol. The monoisotopic (exact) mass is 149 g/mol. The van der Waals surface area contributed by atoms with Crippen LogP contribution in [0, 0.1) is 0 Å². The van der Waals surface area contributed by atoms with Crippen molar-refractivity contribution in [2.45, 2.75) is 26.7 Å². The van der Waals surface area contributed by atoms with E-state index in [4.69, 9.17) is 0 Å². The second-order valence-corrected chi connectivity index (χ2v) is 2.78. The Morgan fingerprint density at radius 2 is 2.18 bits per heavy atom. The molecule has 0 spiro atoms. The van der Waals surface area contributed by atoms with Crippen LogP contribution in [0.5, 0.6) is 0 Å². The smallest absolute Gasteiger partial charge is 0.0625 e. The highest BCUT2D eigenvalue weighted by atomic mass is 14.7. The van der Waals surface area contributed by atoms with Crippen molar-refractivity contribution in [3.63, 3.8) is 0 Å². The largest absolute Gasteiger partial charge is 0.288 e. The van der Waals surface area contributed by atoms with Gasteiger partial charge in [0, 0.05) is 7.05 Å². The molecule has 60 valence electrons. The van der Waals surface area contributed by atoms with E-state index in [1.165, 1.54) is 16.9 Å². The van der Waals surface area contributed by atoms with Gasteiger partial charge < -0.3 is 0 Å². The van der Waals surface area contributed by atoms with Gasteiger partial charge in [0.2, 0.25) is 0 Å². The first-order chi connectivity index (χ1) is 5.29. The molecule has 0 radical (unpaired) electrons. The molecule has 1 nitrogen and oxygen atoms in total. The average Bonchev–Trinajstić information content (AvgIpc) is 2.04. The predicted molar refractivity (Wildman–Crippen MR) is 50.1 cm³/mol. The fraction of sp³-hybridized carbons (Fsp3) is 0.500. The highest BCUT2D eigenvalue weighted by Gasteiger charge is 2.08. The summed E-state index contributed by atoms with van der Waals surface area (Å²) in [6.07, 6.45) is 6.66. The zero-order chi connectivity index (χ0) is 8.27. The molecule has 1 aliphatic rings. The highest BCUT2D eigenvalue weighted by molar-refractivity contribution is 6.12.